The summed E-state index contributed by atoms with van der Waals surface area (Å²) < 4.78 is 5.47. The van der Waals surface area contributed by atoms with Gasteiger partial charge in [0.1, 0.15) is 23.5 Å². The summed E-state index contributed by atoms with van der Waals surface area (Å²) in [6.45, 7) is 4.95. The molecule has 164 valence electrons. The van der Waals surface area contributed by atoms with Gasteiger partial charge in [-0.3, -0.25) is 0 Å². The maximum atomic E-state index is 12.6. The van der Waals surface area contributed by atoms with Gasteiger partial charge in [0.2, 0.25) is 0 Å². The van der Waals surface area contributed by atoms with Crippen LogP contribution in [0.2, 0.25) is 0 Å². The number of tetrazole rings is 1. The van der Waals surface area contributed by atoms with Crippen molar-refractivity contribution in [3.8, 4) is 22.5 Å². The second-order valence-electron chi connectivity index (χ2n) is 7.99. The topological polar surface area (TPSA) is 93.1 Å². The van der Waals surface area contributed by atoms with Crippen molar-refractivity contribution < 1.29 is 14.1 Å². The molecule has 1 aromatic heterocycles. The number of carbonyl (C=O) groups is 1. The van der Waals surface area contributed by atoms with Crippen molar-refractivity contribution in [2.24, 2.45) is 5.10 Å². The molecule has 0 saturated heterocycles. The van der Waals surface area contributed by atoms with Crippen molar-refractivity contribution in [1.29, 1.82) is 0 Å². The minimum Gasteiger partial charge on any atom is -0.465 e. The number of esters is 1. The third-order valence-electron chi connectivity index (χ3n) is 5.98. The van der Waals surface area contributed by atoms with Crippen LogP contribution < -0.4 is 0 Å². The summed E-state index contributed by atoms with van der Waals surface area (Å²) in [5.74, 6) is 0.257. The molecule has 0 amide bonds. The molecular weight excluding hydrogens is 404 g/mol. The van der Waals surface area contributed by atoms with Gasteiger partial charge in [0.15, 0.2) is 5.82 Å². The van der Waals surface area contributed by atoms with Crippen molar-refractivity contribution in [2.75, 3.05) is 20.7 Å². The highest BCUT2D eigenvalue weighted by Crippen LogP contribution is 2.34. The largest absolute Gasteiger partial charge is 0.465 e. The van der Waals surface area contributed by atoms with Crippen molar-refractivity contribution in [3.05, 3.63) is 65.4 Å². The highest BCUT2D eigenvalue weighted by Gasteiger charge is 2.41. The normalized spacial score (nSPS) is 18.1. The molecule has 0 aliphatic carbocycles. The number of quaternary nitrogens is 1. The van der Waals surface area contributed by atoms with Gasteiger partial charge in [0, 0.05) is 18.1 Å². The number of allylic oxidation sites excluding steroid dienone is 1. The summed E-state index contributed by atoms with van der Waals surface area (Å²) in [6.07, 6.45) is 2.08. The Morgan fingerprint density at radius 2 is 1.75 bits per heavy atom. The van der Waals surface area contributed by atoms with Crippen LogP contribution in [0.3, 0.4) is 0 Å². The Bertz CT molecular complexity index is 1180. The van der Waals surface area contributed by atoms with Crippen molar-refractivity contribution in [2.45, 2.75) is 26.7 Å². The van der Waals surface area contributed by atoms with Crippen molar-refractivity contribution in [3.63, 3.8) is 0 Å². The minimum atomic E-state index is -0.355. The summed E-state index contributed by atoms with van der Waals surface area (Å²) in [6, 6.07) is 16.0. The Morgan fingerprint density at radius 3 is 2.38 bits per heavy atom. The number of ether oxygens (including phenoxy) is 1. The number of nitrogens with one attached hydrogen (secondary N) is 1. The van der Waals surface area contributed by atoms with E-state index in [0.717, 1.165) is 47.3 Å². The highest BCUT2D eigenvalue weighted by atomic mass is 16.5. The Balaban J connectivity index is 1.73. The fourth-order valence-corrected chi connectivity index (χ4v) is 4.01. The zero-order chi connectivity index (χ0) is 22.7. The fourth-order valence-electron chi connectivity index (χ4n) is 4.01. The second-order valence-corrected chi connectivity index (χ2v) is 7.99. The van der Waals surface area contributed by atoms with Crippen LogP contribution in [-0.4, -0.2) is 57.6 Å². The van der Waals surface area contributed by atoms with Crippen molar-refractivity contribution >= 4 is 11.7 Å². The Morgan fingerprint density at radius 1 is 1.06 bits per heavy atom. The molecule has 2 heterocycles. The van der Waals surface area contributed by atoms with Crippen LogP contribution in [0.15, 0.2) is 64.9 Å². The first-order valence-corrected chi connectivity index (χ1v) is 10.7. The molecule has 2 aromatic carbocycles. The lowest BCUT2D eigenvalue weighted by Gasteiger charge is -2.24. The van der Waals surface area contributed by atoms with Crippen LogP contribution in [0.25, 0.3) is 22.5 Å². The summed E-state index contributed by atoms with van der Waals surface area (Å²) in [5.41, 5.74) is 5.95. The molecule has 0 fully saturated rings. The lowest BCUT2D eigenvalue weighted by molar-refractivity contribution is -0.877. The third-order valence-corrected chi connectivity index (χ3v) is 5.98. The molecule has 1 N–H and O–H groups in total. The number of aromatic nitrogens is 4. The predicted molar refractivity (Wildman–Crippen MR) is 122 cm³/mol. The summed E-state index contributed by atoms with van der Waals surface area (Å²) in [5, 5.41) is 19.2. The lowest BCUT2D eigenvalue weighted by atomic mass is 9.95. The zero-order valence-electron chi connectivity index (χ0n) is 18.8. The van der Waals surface area contributed by atoms with Crippen LogP contribution in [0, 0.1) is 0 Å². The molecule has 0 spiro atoms. The van der Waals surface area contributed by atoms with Crippen molar-refractivity contribution in [1.82, 2.24) is 20.6 Å². The van der Waals surface area contributed by atoms with Gasteiger partial charge in [0.25, 0.3) is 0 Å². The summed E-state index contributed by atoms with van der Waals surface area (Å²) in [7, 11) is 3.45. The molecular formula is C24H27N6O2+. The van der Waals surface area contributed by atoms with E-state index in [-0.39, 0.29) is 5.97 Å². The Kier molecular flexibility index (Phi) is 5.96. The number of methoxy groups -OCH3 is 1. The Hall–Kier alpha value is -3.65. The fraction of sp³-hybridized carbons (Fsp3) is 0.292. The van der Waals surface area contributed by atoms with Gasteiger partial charge in [-0.25, -0.2) is 9.89 Å². The molecule has 0 radical (unpaired) electrons. The van der Waals surface area contributed by atoms with Gasteiger partial charge in [-0.15, -0.1) is 5.10 Å². The molecule has 1 aliphatic heterocycles. The van der Waals surface area contributed by atoms with E-state index in [9.17, 15) is 4.79 Å². The number of rotatable bonds is 7. The number of hydrogen-bond donors (Lipinski definition) is 1. The van der Waals surface area contributed by atoms with Crippen LogP contribution >= 0.6 is 0 Å². The molecule has 0 bridgehead atoms. The van der Waals surface area contributed by atoms with E-state index in [1.807, 2.05) is 62.5 Å². The molecule has 1 atom stereocenters. The molecule has 1 unspecified atom stereocenters. The molecule has 3 aromatic rings. The number of hydrogen-bond acceptors (Lipinski definition) is 6. The predicted octanol–water partition coefficient (Wildman–Crippen LogP) is 3.95. The van der Waals surface area contributed by atoms with Crippen LogP contribution in [0.5, 0.6) is 0 Å². The van der Waals surface area contributed by atoms with E-state index in [0.29, 0.717) is 21.7 Å². The van der Waals surface area contributed by atoms with E-state index in [4.69, 9.17) is 9.84 Å². The van der Waals surface area contributed by atoms with Gasteiger partial charge < -0.3 is 4.74 Å². The monoisotopic (exact) mass is 431 g/mol. The third kappa shape index (κ3) is 3.85. The van der Waals surface area contributed by atoms with E-state index in [1.165, 1.54) is 7.11 Å². The van der Waals surface area contributed by atoms with E-state index in [1.54, 1.807) is 0 Å². The van der Waals surface area contributed by atoms with Crippen LogP contribution in [0.4, 0.5) is 0 Å². The zero-order valence-corrected chi connectivity index (χ0v) is 18.8. The first kappa shape index (κ1) is 21.6. The summed E-state index contributed by atoms with van der Waals surface area (Å²) in [4.78, 5) is 12.6. The average molecular weight is 432 g/mol. The van der Waals surface area contributed by atoms with Gasteiger partial charge in [0.05, 0.1) is 14.2 Å². The quantitative estimate of drug-likeness (QED) is 0.452. The second kappa shape index (κ2) is 8.84. The summed E-state index contributed by atoms with van der Waals surface area (Å²) >= 11 is 0. The first-order valence-electron chi connectivity index (χ1n) is 10.7. The molecule has 1 aliphatic rings. The number of H-pyrrole nitrogens is 1. The maximum absolute atomic E-state index is 12.6. The molecule has 0 saturated carbocycles. The standard InChI is InChI=1S/C24H27N6O2/c1-5-6-15-30(3)16(2)21(24(31)32-4)22(27-30)18-13-11-17(12-14-18)19-9-7-8-10-20(19)23-25-28-29-26-23/h7-14H,5-6,15H2,1-4H3,(H,25,26,28,29)/q+1. The maximum Gasteiger partial charge on any atom is 0.346 e. The highest BCUT2D eigenvalue weighted by molar-refractivity contribution is 6.27. The van der Waals surface area contributed by atoms with E-state index in [2.05, 4.69) is 27.5 Å². The smallest absolute Gasteiger partial charge is 0.346 e. The SMILES string of the molecule is CCCC[N+]1(C)N=C(c2ccc(-c3ccccc3-c3nnn[nH]3)cc2)C(C(=O)OC)=C1C. The lowest BCUT2D eigenvalue weighted by Crippen LogP contribution is -2.35. The van der Waals surface area contributed by atoms with Gasteiger partial charge in [-0.2, -0.15) is 4.59 Å². The molecule has 8 nitrogen and oxygen atoms in total. The number of carbonyl (C=O) groups excluding carboxylic acids is 1. The first-order chi connectivity index (χ1) is 15.5. The van der Waals surface area contributed by atoms with Gasteiger partial charge >= 0.3 is 5.97 Å². The van der Waals surface area contributed by atoms with E-state index < -0.39 is 0 Å². The number of aromatic amines is 1. The van der Waals surface area contributed by atoms with E-state index >= 15 is 0 Å². The van der Waals surface area contributed by atoms with Gasteiger partial charge in [-0.1, -0.05) is 67.0 Å². The van der Waals surface area contributed by atoms with Crippen LogP contribution in [0.1, 0.15) is 32.3 Å². The average Bonchev–Trinajstić information content (AvgIpc) is 3.45. The Labute approximate surface area is 187 Å². The van der Waals surface area contributed by atoms with Crippen LogP contribution in [-0.2, 0) is 9.53 Å². The molecule has 8 heteroatoms. The number of unbranched alkanes of at least 4 members (excludes halogenated alkanes) is 1. The number of nitrogens with zero attached hydrogens (tertiary/aromatic N) is 5. The van der Waals surface area contributed by atoms with Gasteiger partial charge in [-0.05, 0) is 28.0 Å². The molecule has 32 heavy (non-hydrogen) atoms. The molecule has 4 rings (SSSR count). The number of benzene rings is 2. The minimum absolute atomic E-state index is 0.355.